The predicted octanol–water partition coefficient (Wildman–Crippen LogP) is 0.668. The molecule has 4 N–H and O–H groups in total. The molecule has 0 unspecified atom stereocenters. The molecule has 0 aromatic rings. The average molecular weight is 172 g/mol. The van der Waals surface area contributed by atoms with Crippen molar-refractivity contribution in [1.82, 2.24) is 0 Å². The van der Waals surface area contributed by atoms with Gasteiger partial charge in [0.1, 0.15) is 0 Å². The number of ketones is 1. The summed E-state index contributed by atoms with van der Waals surface area (Å²) in [5.74, 6) is 0.121. The molecule has 0 aliphatic carbocycles. The Kier molecular flexibility index (Phi) is 4.42. The van der Waals surface area contributed by atoms with Gasteiger partial charge in [-0.1, -0.05) is 20.8 Å². The van der Waals surface area contributed by atoms with Crippen molar-refractivity contribution >= 4 is 5.78 Å². The number of rotatable bonds is 4. The molecular weight excluding hydrogens is 152 g/mol. The molecule has 0 heterocycles. The lowest BCUT2D eigenvalue weighted by atomic mass is 9.85. The largest absolute Gasteiger partial charge is 0.330 e. The van der Waals surface area contributed by atoms with E-state index in [9.17, 15) is 4.79 Å². The minimum atomic E-state index is -0.339. The van der Waals surface area contributed by atoms with E-state index in [1.807, 2.05) is 20.8 Å². The van der Waals surface area contributed by atoms with E-state index in [0.29, 0.717) is 13.0 Å². The number of nitrogens with two attached hydrogens (primary N) is 2. The summed E-state index contributed by atoms with van der Waals surface area (Å²) in [6.45, 7) is 6.26. The minimum absolute atomic E-state index is 0.121. The third-order valence-electron chi connectivity index (χ3n) is 1.80. The van der Waals surface area contributed by atoms with Crippen LogP contribution in [0.15, 0.2) is 0 Å². The number of Topliss-reactive ketones (excluding diaryl/α,β-unsaturated/α-hetero) is 1. The molecule has 72 valence electrons. The normalized spacial score (nSPS) is 14.4. The average Bonchev–Trinajstić information content (AvgIpc) is 1.97. The van der Waals surface area contributed by atoms with Gasteiger partial charge in [0, 0.05) is 5.41 Å². The first-order chi connectivity index (χ1) is 5.39. The molecule has 3 heteroatoms. The maximum Gasteiger partial charge on any atom is 0.154 e. The van der Waals surface area contributed by atoms with Gasteiger partial charge in [-0.25, -0.2) is 0 Å². The molecule has 0 aromatic heterocycles. The maximum atomic E-state index is 11.5. The summed E-state index contributed by atoms with van der Waals surface area (Å²) in [5, 5.41) is 0. The molecule has 0 saturated carbocycles. The first-order valence-corrected chi connectivity index (χ1v) is 4.39. The molecule has 3 nitrogen and oxygen atoms in total. The first kappa shape index (κ1) is 11.6. The van der Waals surface area contributed by atoms with Gasteiger partial charge >= 0.3 is 0 Å². The molecule has 0 amide bonds. The Balaban J connectivity index is 3.94. The summed E-state index contributed by atoms with van der Waals surface area (Å²) in [4.78, 5) is 11.5. The zero-order chi connectivity index (χ0) is 9.78. The zero-order valence-corrected chi connectivity index (χ0v) is 8.26. The van der Waals surface area contributed by atoms with Crippen molar-refractivity contribution in [1.29, 1.82) is 0 Å². The third kappa shape index (κ3) is 3.83. The van der Waals surface area contributed by atoms with Crippen LogP contribution in [0.3, 0.4) is 0 Å². The van der Waals surface area contributed by atoms with Crippen molar-refractivity contribution in [3.63, 3.8) is 0 Å². The first-order valence-electron chi connectivity index (χ1n) is 4.39. The molecule has 1 atom stereocenters. The Labute approximate surface area is 74.5 Å². The highest BCUT2D eigenvalue weighted by Crippen LogP contribution is 2.17. The van der Waals surface area contributed by atoms with Gasteiger partial charge in [0.05, 0.1) is 6.04 Å². The topological polar surface area (TPSA) is 69.1 Å². The summed E-state index contributed by atoms with van der Waals surface area (Å²) in [7, 11) is 0. The molecule has 0 aliphatic rings. The highest BCUT2D eigenvalue weighted by Gasteiger charge is 2.26. The predicted molar refractivity (Wildman–Crippen MR) is 50.7 cm³/mol. The zero-order valence-electron chi connectivity index (χ0n) is 8.26. The van der Waals surface area contributed by atoms with Crippen molar-refractivity contribution in [3.8, 4) is 0 Å². The Hall–Kier alpha value is -0.410. The van der Waals surface area contributed by atoms with Gasteiger partial charge in [-0.3, -0.25) is 4.79 Å². The molecule has 0 bridgehead atoms. The molecule has 0 saturated heterocycles. The van der Waals surface area contributed by atoms with Gasteiger partial charge in [0.25, 0.3) is 0 Å². The molecule has 0 spiro atoms. The Morgan fingerprint density at radius 1 is 1.42 bits per heavy atom. The summed E-state index contributed by atoms with van der Waals surface area (Å²) in [5.41, 5.74) is 10.7. The van der Waals surface area contributed by atoms with Crippen molar-refractivity contribution < 1.29 is 4.79 Å². The molecule has 12 heavy (non-hydrogen) atoms. The van der Waals surface area contributed by atoms with E-state index in [0.717, 1.165) is 6.42 Å². The van der Waals surface area contributed by atoms with E-state index in [4.69, 9.17) is 11.5 Å². The van der Waals surface area contributed by atoms with Crippen LogP contribution in [0.1, 0.15) is 33.6 Å². The van der Waals surface area contributed by atoms with Gasteiger partial charge in [0.15, 0.2) is 5.78 Å². The highest BCUT2D eigenvalue weighted by molar-refractivity contribution is 5.88. The van der Waals surface area contributed by atoms with Gasteiger partial charge in [-0.15, -0.1) is 0 Å². The standard InChI is InChI=1S/C9H20N2O/c1-9(2,3)8(12)7(11)5-4-6-10/h7H,4-6,10-11H2,1-3H3/t7-/m0/s1. The fraction of sp³-hybridized carbons (Fsp3) is 0.889. The van der Waals surface area contributed by atoms with E-state index in [-0.39, 0.29) is 17.2 Å². The lowest BCUT2D eigenvalue weighted by Crippen LogP contribution is -2.39. The van der Waals surface area contributed by atoms with Crippen LogP contribution in [0.4, 0.5) is 0 Å². The van der Waals surface area contributed by atoms with Crippen LogP contribution >= 0.6 is 0 Å². The minimum Gasteiger partial charge on any atom is -0.330 e. The second-order valence-electron chi connectivity index (χ2n) is 4.15. The summed E-state index contributed by atoms with van der Waals surface area (Å²) in [6, 6.07) is -0.339. The molecule has 0 fully saturated rings. The Morgan fingerprint density at radius 3 is 2.25 bits per heavy atom. The van der Waals surface area contributed by atoms with Gasteiger partial charge in [-0.2, -0.15) is 0 Å². The van der Waals surface area contributed by atoms with Gasteiger partial charge in [0.2, 0.25) is 0 Å². The molecule has 0 aromatic carbocycles. The third-order valence-corrected chi connectivity index (χ3v) is 1.80. The quantitative estimate of drug-likeness (QED) is 0.654. The van der Waals surface area contributed by atoms with Gasteiger partial charge in [-0.05, 0) is 19.4 Å². The molecule has 0 rings (SSSR count). The molecule has 0 radical (unpaired) electrons. The van der Waals surface area contributed by atoms with E-state index in [1.54, 1.807) is 0 Å². The summed E-state index contributed by atoms with van der Waals surface area (Å²) in [6.07, 6.45) is 1.52. The monoisotopic (exact) mass is 172 g/mol. The van der Waals surface area contributed by atoms with E-state index in [1.165, 1.54) is 0 Å². The van der Waals surface area contributed by atoms with Crippen molar-refractivity contribution in [3.05, 3.63) is 0 Å². The van der Waals surface area contributed by atoms with E-state index < -0.39 is 0 Å². The fourth-order valence-electron chi connectivity index (χ4n) is 1.03. The number of hydrogen-bond donors (Lipinski definition) is 2. The van der Waals surface area contributed by atoms with Crippen LogP contribution in [0, 0.1) is 5.41 Å². The highest BCUT2D eigenvalue weighted by atomic mass is 16.1. The van der Waals surface area contributed by atoms with Crippen LogP contribution < -0.4 is 11.5 Å². The lowest BCUT2D eigenvalue weighted by Gasteiger charge is -2.21. The second kappa shape index (κ2) is 4.58. The van der Waals surface area contributed by atoms with Crippen LogP contribution in [-0.2, 0) is 4.79 Å². The fourth-order valence-corrected chi connectivity index (χ4v) is 1.03. The molecular formula is C9H20N2O. The van der Waals surface area contributed by atoms with Crippen molar-refractivity contribution in [2.45, 2.75) is 39.7 Å². The smallest absolute Gasteiger partial charge is 0.154 e. The summed E-state index contributed by atoms with van der Waals surface area (Å²) >= 11 is 0. The number of carbonyl (C=O) groups excluding carboxylic acids is 1. The summed E-state index contributed by atoms with van der Waals surface area (Å²) < 4.78 is 0. The van der Waals surface area contributed by atoms with Crippen molar-refractivity contribution in [2.24, 2.45) is 16.9 Å². The number of carbonyl (C=O) groups is 1. The van der Waals surface area contributed by atoms with Crippen LogP contribution in [0.25, 0.3) is 0 Å². The van der Waals surface area contributed by atoms with E-state index >= 15 is 0 Å². The van der Waals surface area contributed by atoms with Crippen LogP contribution in [0.2, 0.25) is 0 Å². The van der Waals surface area contributed by atoms with Crippen LogP contribution in [0.5, 0.6) is 0 Å². The van der Waals surface area contributed by atoms with Gasteiger partial charge < -0.3 is 11.5 Å². The van der Waals surface area contributed by atoms with E-state index in [2.05, 4.69) is 0 Å². The Morgan fingerprint density at radius 2 is 1.92 bits per heavy atom. The van der Waals surface area contributed by atoms with Crippen molar-refractivity contribution in [2.75, 3.05) is 6.54 Å². The second-order valence-corrected chi connectivity index (χ2v) is 4.15. The maximum absolute atomic E-state index is 11.5. The number of hydrogen-bond acceptors (Lipinski definition) is 3. The lowest BCUT2D eigenvalue weighted by molar-refractivity contribution is -0.127. The molecule has 0 aliphatic heterocycles. The SMILES string of the molecule is CC(C)(C)C(=O)[C@@H](N)CCCN. The Bertz CT molecular complexity index is 149. The van der Waals surface area contributed by atoms with Crippen LogP contribution in [-0.4, -0.2) is 18.4 Å².